The van der Waals surface area contributed by atoms with E-state index >= 15 is 0 Å². The summed E-state index contributed by atoms with van der Waals surface area (Å²) in [7, 11) is 0. The quantitative estimate of drug-likeness (QED) is 0.310. The third kappa shape index (κ3) is 5.80. The van der Waals surface area contributed by atoms with Crippen molar-refractivity contribution in [2.75, 3.05) is 5.32 Å². The minimum Gasteiger partial charge on any atom is -0.488 e. The first-order valence-corrected chi connectivity index (χ1v) is 10.3. The number of benzene rings is 3. The van der Waals surface area contributed by atoms with Gasteiger partial charge in [-0.15, -0.1) is 0 Å². The Bertz CT molecular complexity index is 1090. The maximum absolute atomic E-state index is 12.3. The summed E-state index contributed by atoms with van der Waals surface area (Å²) in [6.07, 6.45) is 1.54. The predicted octanol–water partition coefficient (Wildman–Crippen LogP) is 6.34. The molecule has 0 aliphatic rings. The van der Waals surface area contributed by atoms with E-state index in [0.29, 0.717) is 23.6 Å². The van der Waals surface area contributed by atoms with Crippen LogP contribution < -0.4 is 10.1 Å². The number of carbonyl (C=O) groups excluding carboxylic acids is 1. The highest BCUT2D eigenvalue weighted by molar-refractivity contribution is 9.10. The van der Waals surface area contributed by atoms with Crippen molar-refractivity contribution in [3.05, 3.63) is 98.4 Å². The standard InChI is InChI=1S/C23H16Br2N2O2/c24-20-9-5-4-6-17(20)15-29-22-11-10-16(13-21(22)25)12-18(14-26)23(28)27-19-7-2-1-3-8-19/h1-13H,15H2,(H,27,28)/b18-12+. The molecule has 0 saturated heterocycles. The minimum absolute atomic E-state index is 0.0163. The van der Waals surface area contributed by atoms with E-state index in [4.69, 9.17) is 4.74 Å². The lowest BCUT2D eigenvalue weighted by Gasteiger charge is -2.10. The topological polar surface area (TPSA) is 62.1 Å². The van der Waals surface area contributed by atoms with Gasteiger partial charge in [-0.25, -0.2) is 0 Å². The zero-order valence-corrected chi connectivity index (χ0v) is 18.4. The summed E-state index contributed by atoms with van der Waals surface area (Å²) < 4.78 is 7.59. The number of nitrogens with zero attached hydrogens (tertiary/aromatic N) is 1. The fourth-order valence-electron chi connectivity index (χ4n) is 2.53. The second kappa shape index (κ2) is 10.1. The van der Waals surface area contributed by atoms with Gasteiger partial charge in [0.15, 0.2) is 0 Å². The summed E-state index contributed by atoms with van der Waals surface area (Å²) >= 11 is 7.00. The van der Waals surface area contributed by atoms with E-state index < -0.39 is 5.91 Å². The lowest BCUT2D eigenvalue weighted by Crippen LogP contribution is -2.13. The lowest BCUT2D eigenvalue weighted by molar-refractivity contribution is -0.112. The highest BCUT2D eigenvalue weighted by Crippen LogP contribution is 2.28. The van der Waals surface area contributed by atoms with Crippen LogP contribution in [0.1, 0.15) is 11.1 Å². The molecule has 6 heteroatoms. The summed E-state index contributed by atoms with van der Waals surface area (Å²) in [5.74, 6) is 0.217. The molecule has 1 amide bonds. The number of carbonyl (C=O) groups is 1. The van der Waals surface area contributed by atoms with Crippen molar-refractivity contribution in [1.82, 2.24) is 0 Å². The summed E-state index contributed by atoms with van der Waals surface area (Å²) in [6, 6.07) is 24.2. The second-order valence-electron chi connectivity index (χ2n) is 6.06. The van der Waals surface area contributed by atoms with Crippen LogP contribution in [0.5, 0.6) is 5.75 Å². The van der Waals surface area contributed by atoms with Gasteiger partial charge in [-0.1, -0.05) is 58.4 Å². The van der Waals surface area contributed by atoms with Crippen LogP contribution in [0.15, 0.2) is 87.3 Å². The molecular formula is C23H16Br2N2O2. The molecule has 0 atom stereocenters. The van der Waals surface area contributed by atoms with Crippen molar-refractivity contribution < 1.29 is 9.53 Å². The number of rotatable bonds is 6. The monoisotopic (exact) mass is 510 g/mol. The molecule has 1 N–H and O–H groups in total. The number of amides is 1. The van der Waals surface area contributed by atoms with Crippen LogP contribution in [0, 0.1) is 11.3 Å². The number of anilines is 1. The summed E-state index contributed by atoms with van der Waals surface area (Å²) in [5, 5.41) is 12.1. The summed E-state index contributed by atoms with van der Waals surface area (Å²) in [5.41, 5.74) is 2.40. The molecule has 144 valence electrons. The van der Waals surface area contributed by atoms with E-state index in [2.05, 4.69) is 37.2 Å². The van der Waals surface area contributed by atoms with Gasteiger partial charge < -0.3 is 10.1 Å². The van der Waals surface area contributed by atoms with E-state index in [1.54, 1.807) is 30.3 Å². The van der Waals surface area contributed by atoms with Gasteiger partial charge in [-0.05, 0) is 57.9 Å². The minimum atomic E-state index is -0.455. The number of ether oxygens (including phenoxy) is 1. The molecule has 4 nitrogen and oxygen atoms in total. The molecule has 0 aromatic heterocycles. The number of halogens is 2. The smallest absolute Gasteiger partial charge is 0.266 e. The van der Waals surface area contributed by atoms with Gasteiger partial charge in [0, 0.05) is 15.7 Å². The molecule has 0 radical (unpaired) electrons. The highest BCUT2D eigenvalue weighted by Gasteiger charge is 2.10. The van der Waals surface area contributed by atoms with Gasteiger partial charge in [-0.3, -0.25) is 4.79 Å². The predicted molar refractivity (Wildman–Crippen MR) is 121 cm³/mol. The third-order valence-electron chi connectivity index (χ3n) is 4.00. The van der Waals surface area contributed by atoms with Crippen LogP contribution >= 0.6 is 31.9 Å². The SMILES string of the molecule is N#C/C(=C\c1ccc(OCc2ccccc2Br)c(Br)c1)C(=O)Nc1ccccc1. The first-order valence-electron chi connectivity index (χ1n) is 8.71. The molecule has 0 saturated carbocycles. The molecule has 3 rings (SSSR count). The van der Waals surface area contributed by atoms with E-state index in [9.17, 15) is 10.1 Å². The number of nitrogens with one attached hydrogen (secondary N) is 1. The molecule has 0 aliphatic carbocycles. The van der Waals surface area contributed by atoms with Crippen molar-refractivity contribution in [2.24, 2.45) is 0 Å². The Hall–Kier alpha value is -2.88. The average Bonchev–Trinajstić information content (AvgIpc) is 2.73. The Kier molecular flexibility index (Phi) is 7.23. The van der Waals surface area contributed by atoms with Crippen LogP contribution in [-0.2, 0) is 11.4 Å². The third-order valence-corrected chi connectivity index (χ3v) is 5.40. The number of hydrogen-bond donors (Lipinski definition) is 1. The van der Waals surface area contributed by atoms with Crippen LogP contribution in [0.25, 0.3) is 6.08 Å². The van der Waals surface area contributed by atoms with E-state index in [1.807, 2.05) is 54.6 Å². The van der Waals surface area contributed by atoms with E-state index in [1.165, 1.54) is 0 Å². The molecule has 0 fully saturated rings. The van der Waals surface area contributed by atoms with Crippen molar-refractivity contribution in [2.45, 2.75) is 6.61 Å². The first kappa shape index (κ1) is 20.8. The Balaban J connectivity index is 1.72. The molecule has 0 aliphatic heterocycles. The van der Waals surface area contributed by atoms with Gasteiger partial charge in [0.1, 0.15) is 24.0 Å². The Morgan fingerprint density at radius 2 is 1.72 bits per heavy atom. The number of para-hydroxylation sites is 1. The largest absolute Gasteiger partial charge is 0.488 e. The maximum Gasteiger partial charge on any atom is 0.266 e. The van der Waals surface area contributed by atoms with E-state index in [-0.39, 0.29) is 5.57 Å². The molecule has 3 aromatic carbocycles. The fourth-order valence-corrected chi connectivity index (χ4v) is 3.44. The van der Waals surface area contributed by atoms with Gasteiger partial charge in [0.25, 0.3) is 5.91 Å². The fraction of sp³-hybridized carbons (Fsp3) is 0.0435. The zero-order chi connectivity index (χ0) is 20.6. The van der Waals surface area contributed by atoms with Gasteiger partial charge in [0.05, 0.1) is 4.47 Å². The number of nitriles is 1. The molecule has 0 bridgehead atoms. The molecule has 0 heterocycles. The second-order valence-corrected chi connectivity index (χ2v) is 7.77. The number of hydrogen-bond acceptors (Lipinski definition) is 3. The average molecular weight is 512 g/mol. The maximum atomic E-state index is 12.3. The van der Waals surface area contributed by atoms with Gasteiger partial charge in [0.2, 0.25) is 0 Å². The van der Waals surface area contributed by atoms with Crippen molar-refractivity contribution >= 4 is 49.5 Å². The summed E-state index contributed by atoms with van der Waals surface area (Å²) in [4.78, 5) is 12.3. The Morgan fingerprint density at radius 1 is 1.00 bits per heavy atom. The van der Waals surface area contributed by atoms with Crippen molar-refractivity contribution in [3.63, 3.8) is 0 Å². The van der Waals surface area contributed by atoms with Crippen LogP contribution in [0.2, 0.25) is 0 Å². The molecule has 0 unspecified atom stereocenters. The lowest BCUT2D eigenvalue weighted by atomic mass is 10.1. The van der Waals surface area contributed by atoms with Crippen LogP contribution in [0.4, 0.5) is 5.69 Å². The first-order chi connectivity index (χ1) is 14.1. The molecule has 29 heavy (non-hydrogen) atoms. The van der Waals surface area contributed by atoms with Gasteiger partial charge >= 0.3 is 0 Å². The van der Waals surface area contributed by atoms with Crippen molar-refractivity contribution in [1.29, 1.82) is 5.26 Å². The van der Waals surface area contributed by atoms with Gasteiger partial charge in [-0.2, -0.15) is 5.26 Å². The molecular weight excluding hydrogens is 496 g/mol. The van der Waals surface area contributed by atoms with Crippen LogP contribution in [0.3, 0.4) is 0 Å². The highest BCUT2D eigenvalue weighted by atomic mass is 79.9. The zero-order valence-electron chi connectivity index (χ0n) is 15.2. The Morgan fingerprint density at radius 3 is 2.41 bits per heavy atom. The molecule has 0 spiro atoms. The Labute approximate surface area is 186 Å². The normalized spacial score (nSPS) is 10.9. The van der Waals surface area contributed by atoms with Crippen molar-refractivity contribution in [3.8, 4) is 11.8 Å². The van der Waals surface area contributed by atoms with Crippen LogP contribution in [-0.4, -0.2) is 5.91 Å². The molecule has 3 aromatic rings. The van der Waals surface area contributed by atoms with E-state index in [0.717, 1.165) is 14.5 Å². The summed E-state index contributed by atoms with van der Waals surface area (Å²) in [6.45, 7) is 0.415.